The first-order valence-corrected chi connectivity index (χ1v) is 13.0. The summed E-state index contributed by atoms with van der Waals surface area (Å²) < 4.78 is 40.7. The highest BCUT2D eigenvalue weighted by atomic mass is 19.4. The molecule has 0 heterocycles. The van der Waals surface area contributed by atoms with Gasteiger partial charge in [-0.15, -0.1) is 0 Å². The number of aliphatic hydroxyl groups is 2. The van der Waals surface area contributed by atoms with Crippen LogP contribution in [0.2, 0.25) is 0 Å². The maximum Gasteiger partial charge on any atom is 0.417 e. The van der Waals surface area contributed by atoms with Crippen LogP contribution in [0.3, 0.4) is 0 Å². The minimum atomic E-state index is -4.53. The van der Waals surface area contributed by atoms with Gasteiger partial charge >= 0.3 is 6.18 Å². The van der Waals surface area contributed by atoms with Crippen molar-refractivity contribution in [2.45, 2.75) is 117 Å². The van der Waals surface area contributed by atoms with Crippen molar-refractivity contribution in [2.75, 3.05) is 0 Å². The number of rotatable bonds is 2. The molecule has 0 aliphatic heterocycles. The van der Waals surface area contributed by atoms with Gasteiger partial charge in [0.05, 0.1) is 6.10 Å². The molecule has 0 aromatic rings. The molecule has 4 saturated carbocycles. The first kappa shape index (κ1) is 24.8. The second-order valence-corrected chi connectivity index (χ2v) is 13.8. The van der Waals surface area contributed by atoms with Crippen molar-refractivity contribution in [1.29, 1.82) is 0 Å². The highest BCUT2D eigenvalue weighted by molar-refractivity contribution is 5.12. The average molecular weight is 459 g/mol. The third-order valence-electron chi connectivity index (χ3n) is 11.3. The van der Waals surface area contributed by atoms with E-state index in [1.54, 1.807) is 0 Å². The first-order valence-electron chi connectivity index (χ1n) is 13.0. The number of aliphatic hydroxyl groups excluding tert-OH is 1. The van der Waals surface area contributed by atoms with Gasteiger partial charge < -0.3 is 10.2 Å². The van der Waals surface area contributed by atoms with E-state index in [9.17, 15) is 23.4 Å². The first-order chi connectivity index (χ1) is 14.5. The lowest BCUT2D eigenvalue weighted by Crippen LogP contribution is -2.59. The highest BCUT2D eigenvalue weighted by Gasteiger charge is 2.65. The molecule has 0 aromatic heterocycles. The van der Waals surface area contributed by atoms with Crippen LogP contribution in [-0.2, 0) is 0 Å². The van der Waals surface area contributed by atoms with Gasteiger partial charge in [0.1, 0.15) is 0 Å². The Labute approximate surface area is 192 Å². The smallest absolute Gasteiger partial charge is 0.392 e. The number of halogens is 3. The van der Waals surface area contributed by atoms with E-state index < -0.39 is 11.8 Å². The molecule has 10 atom stereocenters. The second kappa shape index (κ2) is 7.60. The molecule has 186 valence electrons. The summed E-state index contributed by atoms with van der Waals surface area (Å²) in [4.78, 5) is 0. The molecule has 0 bridgehead atoms. The van der Waals surface area contributed by atoms with E-state index in [2.05, 4.69) is 41.5 Å². The fourth-order valence-electron chi connectivity index (χ4n) is 9.42. The van der Waals surface area contributed by atoms with Gasteiger partial charge in [0.2, 0.25) is 0 Å². The van der Waals surface area contributed by atoms with Gasteiger partial charge in [0.15, 0.2) is 5.60 Å². The minimum Gasteiger partial charge on any atom is -0.392 e. The minimum absolute atomic E-state index is 0.0349. The number of alkyl halides is 3. The Morgan fingerprint density at radius 2 is 1.47 bits per heavy atom. The Morgan fingerprint density at radius 3 is 2.06 bits per heavy atom. The van der Waals surface area contributed by atoms with Crippen LogP contribution >= 0.6 is 0 Å². The molecule has 2 N–H and O–H groups in total. The largest absolute Gasteiger partial charge is 0.417 e. The van der Waals surface area contributed by atoms with Crippen LogP contribution in [0.4, 0.5) is 13.2 Å². The van der Waals surface area contributed by atoms with Crippen molar-refractivity contribution in [3.8, 4) is 0 Å². The normalized spacial score (nSPS) is 49.0. The van der Waals surface area contributed by atoms with Gasteiger partial charge in [-0.25, -0.2) is 0 Å². The van der Waals surface area contributed by atoms with Gasteiger partial charge in [-0.2, -0.15) is 13.2 Å². The summed E-state index contributed by atoms with van der Waals surface area (Å²) in [6.07, 6.45) is 1.74. The molecule has 0 spiro atoms. The van der Waals surface area contributed by atoms with Crippen LogP contribution in [0, 0.1) is 51.8 Å². The molecular formula is C27H45F3O2. The van der Waals surface area contributed by atoms with Crippen molar-refractivity contribution in [2.24, 2.45) is 51.8 Å². The zero-order valence-electron chi connectivity index (χ0n) is 20.9. The van der Waals surface area contributed by atoms with Crippen LogP contribution in [0.1, 0.15) is 99.3 Å². The quantitative estimate of drug-likeness (QED) is 0.468. The highest BCUT2D eigenvalue weighted by Crippen LogP contribution is 2.69. The molecule has 4 fully saturated rings. The summed E-state index contributed by atoms with van der Waals surface area (Å²) in [6, 6.07) is 0. The molecule has 4 rings (SSSR count). The molecule has 4 aliphatic rings. The molecule has 0 saturated heterocycles. The van der Waals surface area contributed by atoms with E-state index in [4.69, 9.17) is 0 Å². The second-order valence-electron chi connectivity index (χ2n) is 13.8. The summed E-state index contributed by atoms with van der Waals surface area (Å²) in [5.74, 6) is 2.39. The summed E-state index contributed by atoms with van der Waals surface area (Å²) in [6.45, 7) is 13.3. The standard InChI is InChI=1S/C27H45F3O2/c1-16(22(31)23(2,3)4)19-9-10-20-18-8-7-17-15-26(32,27(28,29)30)14-13-24(17,5)21(18)11-12-25(19,20)6/h16-22,31-32H,7-15H2,1-6H3/t16-,17+,18-,19+,20-,21-,22-,24-,25+,26+/m0/s1. The van der Waals surface area contributed by atoms with Gasteiger partial charge in [-0.3, -0.25) is 0 Å². The van der Waals surface area contributed by atoms with Gasteiger partial charge in [0.25, 0.3) is 0 Å². The summed E-state index contributed by atoms with van der Waals surface area (Å²) in [5, 5.41) is 21.5. The van der Waals surface area contributed by atoms with E-state index in [1.807, 2.05) is 0 Å². The SMILES string of the molecule is C[C@@H]([C@H]1CC[C@H]2[C@@H]3CC[C@@H]4C[C@@](O)(C(F)(F)F)CC[C@]4(C)[C@H]3CC[C@]12C)[C@H](O)C(C)(C)C. The fraction of sp³-hybridized carbons (Fsp3) is 1.00. The molecule has 0 radical (unpaired) electrons. The molecule has 0 amide bonds. The van der Waals surface area contributed by atoms with Gasteiger partial charge in [0, 0.05) is 0 Å². The van der Waals surface area contributed by atoms with E-state index in [0.29, 0.717) is 30.1 Å². The van der Waals surface area contributed by atoms with Crippen molar-refractivity contribution >= 4 is 0 Å². The van der Waals surface area contributed by atoms with Crippen molar-refractivity contribution in [3.05, 3.63) is 0 Å². The number of hydrogen-bond donors (Lipinski definition) is 2. The zero-order chi connectivity index (χ0) is 23.9. The lowest BCUT2D eigenvalue weighted by Gasteiger charge is -2.62. The number of hydrogen-bond acceptors (Lipinski definition) is 2. The Kier molecular flexibility index (Phi) is 5.90. The Hall–Kier alpha value is -0.290. The van der Waals surface area contributed by atoms with E-state index >= 15 is 0 Å². The van der Waals surface area contributed by atoms with E-state index in [-0.39, 0.29) is 47.0 Å². The Bertz CT molecular complexity index is 715. The maximum absolute atomic E-state index is 13.6. The topological polar surface area (TPSA) is 40.5 Å². The molecule has 0 unspecified atom stereocenters. The monoisotopic (exact) mass is 458 g/mol. The number of fused-ring (bicyclic) bond motifs is 5. The maximum atomic E-state index is 13.6. The molecule has 32 heavy (non-hydrogen) atoms. The summed E-state index contributed by atoms with van der Waals surface area (Å²) in [5.41, 5.74) is -2.49. The zero-order valence-corrected chi connectivity index (χ0v) is 20.9. The fourth-order valence-corrected chi connectivity index (χ4v) is 9.42. The van der Waals surface area contributed by atoms with E-state index in [0.717, 1.165) is 32.1 Å². The van der Waals surface area contributed by atoms with Crippen LogP contribution in [0.15, 0.2) is 0 Å². The third-order valence-corrected chi connectivity index (χ3v) is 11.3. The molecular weight excluding hydrogens is 413 g/mol. The molecule has 4 aliphatic carbocycles. The Balaban J connectivity index is 1.54. The predicted molar refractivity (Wildman–Crippen MR) is 121 cm³/mol. The predicted octanol–water partition coefficient (Wildman–Crippen LogP) is 6.98. The summed E-state index contributed by atoms with van der Waals surface area (Å²) >= 11 is 0. The van der Waals surface area contributed by atoms with Gasteiger partial charge in [-0.1, -0.05) is 41.5 Å². The van der Waals surface area contributed by atoms with Crippen LogP contribution < -0.4 is 0 Å². The van der Waals surface area contributed by atoms with Crippen LogP contribution in [-0.4, -0.2) is 28.1 Å². The lowest BCUT2D eigenvalue weighted by atomic mass is 9.43. The third kappa shape index (κ3) is 3.58. The van der Waals surface area contributed by atoms with Crippen LogP contribution in [0.25, 0.3) is 0 Å². The van der Waals surface area contributed by atoms with E-state index in [1.165, 1.54) is 6.42 Å². The Morgan fingerprint density at radius 1 is 0.844 bits per heavy atom. The van der Waals surface area contributed by atoms with Gasteiger partial charge in [-0.05, 0) is 110 Å². The van der Waals surface area contributed by atoms with Crippen molar-refractivity contribution in [3.63, 3.8) is 0 Å². The van der Waals surface area contributed by atoms with Crippen molar-refractivity contribution in [1.82, 2.24) is 0 Å². The average Bonchev–Trinajstić information content (AvgIpc) is 3.03. The molecule has 0 aromatic carbocycles. The van der Waals surface area contributed by atoms with Crippen LogP contribution in [0.5, 0.6) is 0 Å². The molecule has 2 nitrogen and oxygen atoms in total. The summed E-state index contributed by atoms with van der Waals surface area (Å²) in [7, 11) is 0. The molecule has 5 heteroatoms. The lowest BCUT2D eigenvalue weighted by molar-refractivity contribution is -0.290. The van der Waals surface area contributed by atoms with Crippen molar-refractivity contribution < 1.29 is 23.4 Å².